The zero-order valence-corrected chi connectivity index (χ0v) is 12.1. The zero-order valence-electron chi connectivity index (χ0n) is 12.1. The minimum atomic E-state index is -1.32. The Bertz CT molecular complexity index is 1050. The van der Waals surface area contributed by atoms with Crippen LogP contribution < -0.4 is 5.56 Å². The fraction of sp³-hybridized carbons (Fsp3) is 0.133. The van der Waals surface area contributed by atoms with Crippen molar-refractivity contribution in [1.29, 1.82) is 0 Å². The number of rotatable bonds is 2. The van der Waals surface area contributed by atoms with Gasteiger partial charge in [0, 0.05) is 11.6 Å². The Labute approximate surface area is 132 Å². The average Bonchev–Trinajstić information content (AvgIpc) is 3.11. The van der Waals surface area contributed by atoms with Gasteiger partial charge in [-0.25, -0.2) is 18.3 Å². The maximum atomic E-state index is 14.1. The average molecular weight is 332 g/mol. The van der Waals surface area contributed by atoms with Gasteiger partial charge < -0.3 is 5.11 Å². The van der Waals surface area contributed by atoms with Crippen molar-refractivity contribution in [2.45, 2.75) is 12.8 Å². The first kappa shape index (κ1) is 14.4. The molecule has 1 aromatic carbocycles. The lowest BCUT2D eigenvalue weighted by Crippen LogP contribution is -2.14. The van der Waals surface area contributed by atoms with Crippen LogP contribution in [0.1, 0.15) is 21.7 Å². The Balaban J connectivity index is 2.05. The molecule has 9 heteroatoms. The number of halogens is 2. The molecule has 7 nitrogen and oxygen atoms in total. The summed E-state index contributed by atoms with van der Waals surface area (Å²) in [5.41, 5.74) is 0.512. The molecule has 2 aromatic heterocycles. The van der Waals surface area contributed by atoms with Gasteiger partial charge in [0.05, 0.1) is 17.0 Å². The fourth-order valence-corrected chi connectivity index (χ4v) is 3.02. The summed E-state index contributed by atoms with van der Waals surface area (Å²) in [5.74, 6) is -2.72. The van der Waals surface area contributed by atoms with Crippen LogP contribution in [0.4, 0.5) is 8.78 Å². The Morgan fingerprint density at radius 1 is 1.25 bits per heavy atom. The molecule has 4 rings (SSSR count). The number of aromatic carboxylic acids is 1. The highest BCUT2D eigenvalue weighted by Crippen LogP contribution is 2.35. The highest BCUT2D eigenvalue weighted by atomic mass is 19.1. The molecular formula is C15H10F2N4O3. The summed E-state index contributed by atoms with van der Waals surface area (Å²) in [4.78, 5) is 23.3. The van der Waals surface area contributed by atoms with Crippen molar-refractivity contribution < 1.29 is 18.7 Å². The molecule has 0 unspecified atom stereocenters. The molecule has 0 radical (unpaired) electrons. The van der Waals surface area contributed by atoms with Gasteiger partial charge in [-0.05, 0) is 25.0 Å². The second-order valence-corrected chi connectivity index (χ2v) is 5.42. The number of aromatic amines is 2. The normalized spacial score (nSPS) is 12.8. The molecule has 24 heavy (non-hydrogen) atoms. The van der Waals surface area contributed by atoms with Gasteiger partial charge in [0.1, 0.15) is 17.3 Å². The molecule has 1 aliphatic rings. The van der Waals surface area contributed by atoms with E-state index in [4.69, 9.17) is 0 Å². The molecule has 3 N–H and O–H groups in total. The van der Waals surface area contributed by atoms with Crippen LogP contribution >= 0.6 is 0 Å². The predicted molar refractivity (Wildman–Crippen MR) is 78.3 cm³/mol. The quantitative estimate of drug-likeness (QED) is 0.663. The number of hydrogen-bond acceptors (Lipinski definition) is 3. The van der Waals surface area contributed by atoms with Gasteiger partial charge in [0.2, 0.25) is 0 Å². The van der Waals surface area contributed by atoms with Crippen molar-refractivity contribution in [2.24, 2.45) is 0 Å². The van der Waals surface area contributed by atoms with Crippen LogP contribution in [0.2, 0.25) is 0 Å². The summed E-state index contributed by atoms with van der Waals surface area (Å²) in [5, 5.41) is 18.4. The van der Waals surface area contributed by atoms with Crippen LogP contribution in [0.5, 0.6) is 0 Å². The van der Waals surface area contributed by atoms with Gasteiger partial charge in [0.15, 0.2) is 5.69 Å². The Morgan fingerprint density at radius 2 is 2.04 bits per heavy atom. The number of carbonyl (C=O) groups is 1. The highest BCUT2D eigenvalue weighted by molar-refractivity contribution is 5.95. The van der Waals surface area contributed by atoms with Crippen LogP contribution in [-0.4, -0.2) is 31.1 Å². The Kier molecular flexibility index (Phi) is 2.92. The fourth-order valence-electron chi connectivity index (χ4n) is 3.02. The molecule has 0 saturated carbocycles. The summed E-state index contributed by atoms with van der Waals surface area (Å²) in [6, 6.07) is 2.86. The van der Waals surface area contributed by atoms with E-state index in [-0.39, 0.29) is 28.9 Å². The lowest BCUT2D eigenvalue weighted by Gasteiger charge is -2.14. The van der Waals surface area contributed by atoms with Gasteiger partial charge in [0.25, 0.3) is 5.56 Å². The number of carboxylic acid groups (broad SMARTS) is 1. The predicted octanol–water partition coefficient (Wildman–Crippen LogP) is 1.63. The smallest absolute Gasteiger partial charge is 0.357 e. The molecule has 0 amide bonds. The maximum Gasteiger partial charge on any atom is 0.357 e. The Morgan fingerprint density at radius 3 is 2.79 bits per heavy atom. The summed E-state index contributed by atoms with van der Waals surface area (Å²) < 4.78 is 28.7. The van der Waals surface area contributed by atoms with E-state index in [1.165, 1.54) is 0 Å². The van der Waals surface area contributed by atoms with Crippen molar-refractivity contribution in [1.82, 2.24) is 20.0 Å². The third-order valence-corrected chi connectivity index (χ3v) is 4.06. The number of carboxylic acids is 1. The maximum absolute atomic E-state index is 14.1. The van der Waals surface area contributed by atoms with Gasteiger partial charge >= 0.3 is 5.97 Å². The van der Waals surface area contributed by atoms with Gasteiger partial charge in [-0.2, -0.15) is 5.10 Å². The molecule has 0 atom stereocenters. The molecule has 0 fully saturated rings. The third kappa shape index (κ3) is 1.91. The van der Waals surface area contributed by atoms with E-state index in [1.54, 1.807) is 0 Å². The molecule has 2 heterocycles. The number of aromatic nitrogens is 4. The van der Waals surface area contributed by atoms with E-state index in [1.807, 2.05) is 0 Å². The van der Waals surface area contributed by atoms with E-state index >= 15 is 0 Å². The van der Waals surface area contributed by atoms with Gasteiger partial charge in [-0.3, -0.25) is 15.0 Å². The van der Waals surface area contributed by atoms with Crippen LogP contribution in [-0.2, 0) is 12.8 Å². The number of nitrogens with one attached hydrogen (secondary N) is 2. The first-order chi connectivity index (χ1) is 11.5. The first-order valence-corrected chi connectivity index (χ1v) is 7.08. The number of H-pyrrole nitrogens is 2. The molecule has 0 saturated heterocycles. The topological polar surface area (TPSA) is 104 Å². The molecule has 0 aliphatic heterocycles. The summed E-state index contributed by atoms with van der Waals surface area (Å²) >= 11 is 0. The first-order valence-electron chi connectivity index (χ1n) is 7.08. The van der Waals surface area contributed by atoms with Crippen molar-refractivity contribution in [3.05, 3.63) is 57.1 Å². The van der Waals surface area contributed by atoms with Crippen molar-refractivity contribution in [3.8, 4) is 16.9 Å². The lowest BCUT2D eigenvalue weighted by atomic mass is 9.93. The SMILES string of the molecule is O=C(O)c1nn(-c2cc(F)ccc2F)c2c1-c1[nH][nH]c(=O)c1CC2. The summed E-state index contributed by atoms with van der Waals surface area (Å²) in [6.07, 6.45) is 0.613. The highest BCUT2D eigenvalue weighted by Gasteiger charge is 2.32. The van der Waals surface area contributed by atoms with Crippen molar-refractivity contribution >= 4 is 5.97 Å². The van der Waals surface area contributed by atoms with Crippen LogP contribution in [0.3, 0.4) is 0 Å². The number of benzene rings is 1. The zero-order chi connectivity index (χ0) is 17.0. The van der Waals surface area contributed by atoms with E-state index in [9.17, 15) is 23.5 Å². The van der Waals surface area contributed by atoms with E-state index in [0.29, 0.717) is 23.4 Å². The molecular weight excluding hydrogens is 322 g/mol. The summed E-state index contributed by atoms with van der Waals surface area (Å²) in [6.45, 7) is 0. The largest absolute Gasteiger partial charge is 0.476 e. The van der Waals surface area contributed by atoms with Crippen LogP contribution in [0.25, 0.3) is 16.9 Å². The van der Waals surface area contributed by atoms with Crippen molar-refractivity contribution in [2.75, 3.05) is 0 Å². The van der Waals surface area contributed by atoms with Crippen LogP contribution in [0, 0.1) is 11.6 Å². The molecule has 1 aliphatic carbocycles. The van der Waals surface area contributed by atoms with Gasteiger partial charge in [-0.15, -0.1) is 0 Å². The minimum Gasteiger partial charge on any atom is -0.476 e. The van der Waals surface area contributed by atoms with Crippen LogP contribution in [0.15, 0.2) is 23.0 Å². The number of fused-ring (bicyclic) bond motifs is 3. The van der Waals surface area contributed by atoms with E-state index in [0.717, 1.165) is 22.9 Å². The molecule has 3 aromatic rings. The number of nitrogens with zero attached hydrogens (tertiary/aromatic N) is 2. The summed E-state index contributed by atoms with van der Waals surface area (Å²) in [7, 11) is 0. The molecule has 0 bridgehead atoms. The number of hydrogen-bond donors (Lipinski definition) is 3. The third-order valence-electron chi connectivity index (χ3n) is 4.06. The molecule has 0 spiro atoms. The molecule has 122 valence electrons. The second kappa shape index (κ2) is 4.88. The standard InChI is InChI=1S/C15H10F2N4O3/c16-6-1-3-8(17)10(5-6)21-9-4-2-7-12(18-19-14(7)22)11(9)13(20-21)15(23)24/h1,3,5H,2,4H2,(H,23,24)(H2,18,19,22). The lowest BCUT2D eigenvalue weighted by molar-refractivity contribution is 0.0690. The monoisotopic (exact) mass is 332 g/mol. The van der Waals surface area contributed by atoms with Gasteiger partial charge in [-0.1, -0.05) is 0 Å². The van der Waals surface area contributed by atoms with E-state index in [2.05, 4.69) is 15.3 Å². The second-order valence-electron chi connectivity index (χ2n) is 5.42. The Hall–Kier alpha value is -3.23. The van der Waals surface area contributed by atoms with E-state index < -0.39 is 17.6 Å². The minimum absolute atomic E-state index is 0.180. The van der Waals surface area contributed by atoms with Crippen molar-refractivity contribution in [3.63, 3.8) is 0 Å².